The van der Waals surface area contributed by atoms with Gasteiger partial charge in [0.1, 0.15) is 11.5 Å². The van der Waals surface area contributed by atoms with E-state index in [2.05, 4.69) is 15.5 Å². The number of nitrogens with zero attached hydrogens (tertiary/aromatic N) is 2. The van der Waals surface area contributed by atoms with Crippen molar-refractivity contribution in [2.75, 3.05) is 0 Å². The fourth-order valence-electron chi connectivity index (χ4n) is 1.98. The van der Waals surface area contributed by atoms with Crippen molar-refractivity contribution in [2.24, 2.45) is 5.10 Å². The van der Waals surface area contributed by atoms with Gasteiger partial charge in [-0.25, -0.2) is 5.43 Å². The molecule has 118 valence electrons. The van der Waals surface area contributed by atoms with E-state index in [0.717, 1.165) is 11.3 Å². The molecule has 3 aromatic rings. The number of carbonyl (C=O) groups excluding carboxylic acids is 1. The van der Waals surface area contributed by atoms with Crippen molar-refractivity contribution in [1.82, 2.24) is 10.4 Å². The van der Waals surface area contributed by atoms with E-state index in [0.29, 0.717) is 11.3 Å². The first kappa shape index (κ1) is 15.4. The predicted molar refractivity (Wildman–Crippen MR) is 92.3 cm³/mol. The number of aromatic nitrogens is 1. The molecule has 0 atom stereocenters. The van der Waals surface area contributed by atoms with Gasteiger partial charge in [0.05, 0.1) is 6.21 Å². The summed E-state index contributed by atoms with van der Waals surface area (Å²) in [6.07, 6.45) is 4.88. The Balaban J connectivity index is 1.58. The van der Waals surface area contributed by atoms with Crippen molar-refractivity contribution in [3.63, 3.8) is 0 Å². The Hall–Kier alpha value is -3.47. The van der Waals surface area contributed by atoms with Crippen LogP contribution in [0.2, 0.25) is 0 Å². The molecule has 0 aliphatic carbocycles. The summed E-state index contributed by atoms with van der Waals surface area (Å²) < 4.78 is 5.68. The third kappa shape index (κ3) is 4.27. The van der Waals surface area contributed by atoms with Crippen LogP contribution in [0.1, 0.15) is 15.9 Å². The molecular weight excluding hydrogens is 302 g/mol. The maximum Gasteiger partial charge on any atom is 0.271 e. The normalized spacial score (nSPS) is 10.5. The van der Waals surface area contributed by atoms with Gasteiger partial charge in [-0.15, -0.1) is 0 Å². The summed E-state index contributed by atoms with van der Waals surface area (Å²) >= 11 is 0. The summed E-state index contributed by atoms with van der Waals surface area (Å²) in [6, 6.07) is 19.9. The van der Waals surface area contributed by atoms with Gasteiger partial charge in [0.25, 0.3) is 5.91 Å². The minimum Gasteiger partial charge on any atom is -0.457 e. The third-order valence-corrected chi connectivity index (χ3v) is 3.18. The number of para-hydroxylation sites is 1. The molecule has 1 heterocycles. The van der Waals surface area contributed by atoms with E-state index in [1.165, 1.54) is 0 Å². The molecule has 0 fully saturated rings. The van der Waals surface area contributed by atoms with Crippen molar-refractivity contribution >= 4 is 12.1 Å². The number of hydrazone groups is 1. The van der Waals surface area contributed by atoms with Gasteiger partial charge in [-0.2, -0.15) is 5.10 Å². The molecule has 0 aliphatic heterocycles. The van der Waals surface area contributed by atoms with Crippen LogP contribution in [-0.2, 0) is 0 Å². The van der Waals surface area contributed by atoms with E-state index in [-0.39, 0.29) is 5.91 Å². The Kier molecular flexibility index (Phi) is 4.94. The van der Waals surface area contributed by atoms with E-state index in [1.807, 2.05) is 30.3 Å². The Bertz CT molecular complexity index is 816. The monoisotopic (exact) mass is 317 g/mol. The van der Waals surface area contributed by atoms with E-state index in [4.69, 9.17) is 4.74 Å². The number of rotatable bonds is 5. The lowest BCUT2D eigenvalue weighted by atomic mass is 10.2. The second-order valence-electron chi connectivity index (χ2n) is 4.92. The van der Waals surface area contributed by atoms with E-state index in [9.17, 15) is 4.79 Å². The highest BCUT2D eigenvalue weighted by Gasteiger charge is 2.04. The van der Waals surface area contributed by atoms with Gasteiger partial charge >= 0.3 is 0 Å². The van der Waals surface area contributed by atoms with Crippen LogP contribution in [-0.4, -0.2) is 17.1 Å². The first-order valence-corrected chi connectivity index (χ1v) is 7.38. The average Bonchev–Trinajstić information content (AvgIpc) is 2.64. The Morgan fingerprint density at radius 2 is 1.58 bits per heavy atom. The fraction of sp³-hybridized carbons (Fsp3) is 0. The van der Waals surface area contributed by atoms with Crippen LogP contribution in [0.25, 0.3) is 0 Å². The van der Waals surface area contributed by atoms with Gasteiger partial charge in [-0.1, -0.05) is 18.2 Å². The topological polar surface area (TPSA) is 63.6 Å². The number of benzene rings is 2. The van der Waals surface area contributed by atoms with Gasteiger partial charge in [0, 0.05) is 18.0 Å². The molecule has 0 bridgehead atoms. The number of hydrogen-bond donors (Lipinski definition) is 1. The van der Waals surface area contributed by atoms with Crippen LogP contribution in [0.5, 0.6) is 11.5 Å². The van der Waals surface area contributed by atoms with Gasteiger partial charge < -0.3 is 4.74 Å². The predicted octanol–water partition coefficient (Wildman–Crippen LogP) is 3.64. The van der Waals surface area contributed by atoms with Crippen LogP contribution < -0.4 is 10.2 Å². The molecule has 5 nitrogen and oxygen atoms in total. The largest absolute Gasteiger partial charge is 0.457 e. The van der Waals surface area contributed by atoms with Crippen molar-refractivity contribution in [3.8, 4) is 11.5 Å². The molecule has 5 heteroatoms. The number of pyridine rings is 1. The number of nitrogens with one attached hydrogen (secondary N) is 1. The zero-order valence-corrected chi connectivity index (χ0v) is 12.8. The highest BCUT2D eigenvalue weighted by atomic mass is 16.5. The molecule has 2 aromatic carbocycles. The lowest BCUT2D eigenvalue weighted by Crippen LogP contribution is -2.17. The van der Waals surface area contributed by atoms with Crippen LogP contribution in [0.4, 0.5) is 0 Å². The molecular formula is C19H15N3O2. The SMILES string of the molecule is O=C(N/N=C/c1ccncc1)c1ccc(Oc2ccccc2)cc1. The second kappa shape index (κ2) is 7.69. The first-order valence-electron chi connectivity index (χ1n) is 7.38. The number of carbonyl (C=O) groups is 1. The van der Waals surface area contributed by atoms with Gasteiger partial charge in [-0.05, 0) is 54.1 Å². The average molecular weight is 317 g/mol. The quantitative estimate of drug-likeness (QED) is 0.577. The van der Waals surface area contributed by atoms with E-state index in [1.54, 1.807) is 55.0 Å². The smallest absolute Gasteiger partial charge is 0.271 e. The molecule has 0 radical (unpaired) electrons. The number of amides is 1. The standard InChI is InChI=1S/C19H15N3O2/c23-19(22-21-14-15-10-12-20-13-11-15)16-6-8-18(9-7-16)24-17-4-2-1-3-5-17/h1-14H,(H,22,23)/b21-14+. The summed E-state index contributed by atoms with van der Waals surface area (Å²) in [4.78, 5) is 15.9. The zero-order valence-electron chi connectivity index (χ0n) is 12.8. The number of hydrogen-bond acceptors (Lipinski definition) is 4. The molecule has 3 rings (SSSR count). The van der Waals surface area contributed by atoms with Crippen molar-refractivity contribution in [1.29, 1.82) is 0 Å². The second-order valence-corrected chi connectivity index (χ2v) is 4.92. The summed E-state index contributed by atoms with van der Waals surface area (Å²) in [5.41, 5.74) is 3.85. The molecule has 0 saturated carbocycles. The summed E-state index contributed by atoms with van der Waals surface area (Å²) in [5.74, 6) is 1.13. The first-order chi connectivity index (χ1) is 11.8. The molecule has 0 spiro atoms. The number of ether oxygens (including phenoxy) is 1. The lowest BCUT2D eigenvalue weighted by Gasteiger charge is -2.06. The van der Waals surface area contributed by atoms with Gasteiger partial charge in [-0.3, -0.25) is 9.78 Å². The highest BCUT2D eigenvalue weighted by Crippen LogP contribution is 2.21. The van der Waals surface area contributed by atoms with Gasteiger partial charge in [0.15, 0.2) is 0 Å². The molecule has 0 aliphatic rings. The van der Waals surface area contributed by atoms with E-state index < -0.39 is 0 Å². The third-order valence-electron chi connectivity index (χ3n) is 3.18. The minimum atomic E-state index is -0.286. The van der Waals surface area contributed by atoms with Crippen LogP contribution >= 0.6 is 0 Å². The summed E-state index contributed by atoms with van der Waals surface area (Å²) in [5, 5.41) is 3.92. The van der Waals surface area contributed by atoms with Gasteiger partial charge in [0.2, 0.25) is 0 Å². The highest BCUT2D eigenvalue weighted by molar-refractivity contribution is 5.94. The molecule has 1 N–H and O–H groups in total. The molecule has 0 unspecified atom stereocenters. The minimum absolute atomic E-state index is 0.286. The maximum atomic E-state index is 12.0. The van der Waals surface area contributed by atoms with Crippen molar-refractivity contribution in [2.45, 2.75) is 0 Å². The zero-order chi connectivity index (χ0) is 16.6. The van der Waals surface area contributed by atoms with Crippen LogP contribution in [0.3, 0.4) is 0 Å². The molecule has 1 amide bonds. The van der Waals surface area contributed by atoms with E-state index >= 15 is 0 Å². The molecule has 1 aromatic heterocycles. The van der Waals surface area contributed by atoms with Crippen LogP contribution in [0.15, 0.2) is 84.2 Å². The Labute approximate surface area is 139 Å². The van der Waals surface area contributed by atoms with Crippen molar-refractivity contribution in [3.05, 3.63) is 90.3 Å². The summed E-state index contributed by atoms with van der Waals surface area (Å²) in [6.45, 7) is 0. The Morgan fingerprint density at radius 1 is 0.917 bits per heavy atom. The lowest BCUT2D eigenvalue weighted by molar-refractivity contribution is 0.0955. The fourth-order valence-corrected chi connectivity index (χ4v) is 1.98. The maximum absolute atomic E-state index is 12.0. The van der Waals surface area contributed by atoms with Crippen LogP contribution in [0, 0.1) is 0 Å². The molecule has 24 heavy (non-hydrogen) atoms. The Morgan fingerprint density at radius 3 is 2.29 bits per heavy atom. The molecule has 0 saturated heterocycles. The van der Waals surface area contributed by atoms with Crippen molar-refractivity contribution < 1.29 is 9.53 Å². The summed E-state index contributed by atoms with van der Waals surface area (Å²) in [7, 11) is 0.